The highest BCUT2D eigenvalue weighted by Gasteiger charge is 2.30. The van der Waals surface area contributed by atoms with Crippen LogP contribution < -0.4 is 0 Å². The van der Waals surface area contributed by atoms with Crippen molar-refractivity contribution >= 4 is 11.6 Å². The van der Waals surface area contributed by atoms with E-state index in [4.69, 9.17) is 11.6 Å². The minimum absolute atomic E-state index is 0.230. The molecule has 6 heteroatoms. The third-order valence-electron chi connectivity index (χ3n) is 2.32. The van der Waals surface area contributed by atoms with Crippen LogP contribution in [0.5, 0.6) is 0 Å². The SMILES string of the molecule is Fc1cc(-c2cccc(C(F)(F)F)c2)cnc1Cl. The fourth-order valence-corrected chi connectivity index (χ4v) is 1.56. The number of halogens is 5. The molecule has 0 saturated heterocycles. The quantitative estimate of drug-likeness (QED) is 0.549. The molecule has 0 bridgehead atoms. The summed E-state index contributed by atoms with van der Waals surface area (Å²) in [5.74, 6) is -0.772. The van der Waals surface area contributed by atoms with Crippen molar-refractivity contribution in [1.82, 2.24) is 4.98 Å². The smallest absolute Gasteiger partial charge is 0.241 e. The van der Waals surface area contributed by atoms with Crippen LogP contribution in [0.25, 0.3) is 11.1 Å². The highest BCUT2D eigenvalue weighted by molar-refractivity contribution is 6.29. The van der Waals surface area contributed by atoms with E-state index in [1.165, 1.54) is 18.3 Å². The van der Waals surface area contributed by atoms with E-state index in [0.29, 0.717) is 0 Å². The number of pyridine rings is 1. The van der Waals surface area contributed by atoms with Crippen molar-refractivity contribution in [2.24, 2.45) is 0 Å². The molecule has 1 heterocycles. The van der Waals surface area contributed by atoms with Crippen molar-refractivity contribution in [2.45, 2.75) is 6.18 Å². The molecule has 94 valence electrons. The van der Waals surface area contributed by atoms with Crippen molar-refractivity contribution in [3.63, 3.8) is 0 Å². The van der Waals surface area contributed by atoms with E-state index in [-0.39, 0.29) is 16.3 Å². The van der Waals surface area contributed by atoms with Gasteiger partial charge in [0.2, 0.25) is 0 Å². The van der Waals surface area contributed by atoms with Crippen LogP contribution in [-0.4, -0.2) is 4.98 Å². The van der Waals surface area contributed by atoms with Crippen molar-refractivity contribution < 1.29 is 17.6 Å². The number of hydrogen-bond donors (Lipinski definition) is 0. The lowest BCUT2D eigenvalue weighted by molar-refractivity contribution is -0.137. The zero-order valence-electron chi connectivity index (χ0n) is 8.80. The molecular weight excluding hydrogens is 270 g/mol. The maximum atomic E-state index is 13.2. The predicted molar refractivity (Wildman–Crippen MR) is 59.6 cm³/mol. The van der Waals surface area contributed by atoms with Crippen LogP contribution >= 0.6 is 11.6 Å². The highest BCUT2D eigenvalue weighted by Crippen LogP contribution is 2.32. The fraction of sp³-hybridized carbons (Fsp3) is 0.0833. The summed E-state index contributed by atoms with van der Waals surface area (Å²) in [7, 11) is 0. The van der Waals surface area contributed by atoms with Gasteiger partial charge in [-0.15, -0.1) is 0 Å². The molecule has 0 amide bonds. The number of benzene rings is 1. The van der Waals surface area contributed by atoms with E-state index >= 15 is 0 Å². The molecule has 1 aromatic carbocycles. The molecule has 18 heavy (non-hydrogen) atoms. The number of rotatable bonds is 1. The summed E-state index contributed by atoms with van der Waals surface area (Å²) in [5, 5.41) is -0.314. The summed E-state index contributed by atoms with van der Waals surface area (Å²) >= 11 is 5.41. The summed E-state index contributed by atoms with van der Waals surface area (Å²) in [4.78, 5) is 3.56. The van der Waals surface area contributed by atoms with Gasteiger partial charge in [-0.2, -0.15) is 13.2 Å². The number of nitrogens with zero attached hydrogens (tertiary/aromatic N) is 1. The molecule has 2 rings (SSSR count). The van der Waals surface area contributed by atoms with E-state index in [9.17, 15) is 17.6 Å². The van der Waals surface area contributed by atoms with Crippen LogP contribution in [-0.2, 0) is 6.18 Å². The molecule has 2 aromatic rings. The first-order chi connectivity index (χ1) is 8.38. The lowest BCUT2D eigenvalue weighted by atomic mass is 10.0. The van der Waals surface area contributed by atoms with Gasteiger partial charge in [0, 0.05) is 11.8 Å². The molecule has 0 fully saturated rings. The molecular formula is C12H6ClF4N. The van der Waals surface area contributed by atoms with Gasteiger partial charge in [-0.1, -0.05) is 23.7 Å². The van der Waals surface area contributed by atoms with Gasteiger partial charge in [0.25, 0.3) is 0 Å². The van der Waals surface area contributed by atoms with Gasteiger partial charge >= 0.3 is 6.18 Å². The Balaban J connectivity index is 2.48. The van der Waals surface area contributed by atoms with E-state index in [1.807, 2.05) is 0 Å². The van der Waals surface area contributed by atoms with Gasteiger partial charge < -0.3 is 0 Å². The molecule has 0 aliphatic heterocycles. The average molecular weight is 276 g/mol. The molecule has 0 saturated carbocycles. The van der Waals surface area contributed by atoms with Crippen LogP contribution in [0.15, 0.2) is 36.5 Å². The standard InChI is InChI=1S/C12H6ClF4N/c13-11-10(14)5-8(6-18-11)7-2-1-3-9(4-7)12(15,16)17/h1-6H. The largest absolute Gasteiger partial charge is 0.416 e. The van der Waals surface area contributed by atoms with Gasteiger partial charge in [-0.05, 0) is 23.8 Å². The van der Waals surface area contributed by atoms with Gasteiger partial charge in [0.05, 0.1) is 5.56 Å². The zero-order valence-corrected chi connectivity index (χ0v) is 9.56. The second kappa shape index (κ2) is 4.57. The average Bonchev–Trinajstić information content (AvgIpc) is 2.32. The van der Waals surface area contributed by atoms with Gasteiger partial charge in [-0.25, -0.2) is 9.37 Å². The molecule has 0 radical (unpaired) electrons. The topological polar surface area (TPSA) is 12.9 Å². The molecule has 0 spiro atoms. The Morgan fingerprint density at radius 3 is 2.39 bits per heavy atom. The summed E-state index contributed by atoms with van der Waals surface area (Å²) in [6, 6.07) is 5.63. The van der Waals surface area contributed by atoms with Crippen LogP contribution in [0.2, 0.25) is 5.15 Å². The monoisotopic (exact) mass is 275 g/mol. The van der Waals surface area contributed by atoms with E-state index in [0.717, 1.165) is 18.2 Å². The minimum atomic E-state index is -4.44. The van der Waals surface area contributed by atoms with Gasteiger partial charge in [0.1, 0.15) is 0 Å². The number of aromatic nitrogens is 1. The Bertz CT molecular complexity index is 581. The lowest BCUT2D eigenvalue weighted by Gasteiger charge is -2.08. The molecule has 0 atom stereocenters. The summed E-state index contributed by atoms with van der Waals surface area (Å²) in [6.45, 7) is 0. The van der Waals surface area contributed by atoms with E-state index in [1.54, 1.807) is 0 Å². The minimum Gasteiger partial charge on any atom is -0.241 e. The zero-order chi connectivity index (χ0) is 13.3. The van der Waals surface area contributed by atoms with Crippen LogP contribution in [0.1, 0.15) is 5.56 Å². The normalized spacial score (nSPS) is 11.6. The first kappa shape index (κ1) is 12.8. The van der Waals surface area contributed by atoms with Crippen LogP contribution in [0.4, 0.5) is 17.6 Å². The maximum absolute atomic E-state index is 13.2. The third kappa shape index (κ3) is 2.61. The Morgan fingerprint density at radius 1 is 1.06 bits per heavy atom. The molecule has 1 nitrogen and oxygen atoms in total. The molecule has 1 aromatic heterocycles. The summed E-state index contributed by atoms with van der Waals surface area (Å²) < 4.78 is 50.7. The molecule has 0 N–H and O–H groups in total. The van der Waals surface area contributed by atoms with Crippen molar-refractivity contribution in [2.75, 3.05) is 0 Å². The van der Waals surface area contributed by atoms with Crippen molar-refractivity contribution in [3.05, 3.63) is 53.1 Å². The van der Waals surface area contributed by atoms with Crippen molar-refractivity contribution in [1.29, 1.82) is 0 Å². The third-order valence-corrected chi connectivity index (χ3v) is 2.60. The lowest BCUT2D eigenvalue weighted by Crippen LogP contribution is -2.04. The van der Waals surface area contributed by atoms with Crippen LogP contribution in [0, 0.1) is 5.82 Å². The van der Waals surface area contributed by atoms with E-state index < -0.39 is 17.6 Å². The van der Waals surface area contributed by atoms with E-state index in [2.05, 4.69) is 4.98 Å². The summed E-state index contributed by atoms with van der Waals surface area (Å²) in [5.41, 5.74) is -0.328. The highest BCUT2D eigenvalue weighted by atomic mass is 35.5. The molecule has 0 aliphatic rings. The van der Waals surface area contributed by atoms with Gasteiger partial charge in [-0.3, -0.25) is 0 Å². The molecule has 0 aliphatic carbocycles. The number of hydrogen-bond acceptors (Lipinski definition) is 1. The first-order valence-electron chi connectivity index (χ1n) is 4.86. The first-order valence-corrected chi connectivity index (χ1v) is 5.24. The maximum Gasteiger partial charge on any atom is 0.416 e. The van der Waals surface area contributed by atoms with Crippen molar-refractivity contribution in [3.8, 4) is 11.1 Å². The fourth-order valence-electron chi connectivity index (χ4n) is 1.45. The Kier molecular flexibility index (Phi) is 3.26. The Morgan fingerprint density at radius 2 is 1.78 bits per heavy atom. The second-order valence-corrected chi connectivity index (χ2v) is 3.93. The van der Waals surface area contributed by atoms with Crippen LogP contribution in [0.3, 0.4) is 0 Å². The van der Waals surface area contributed by atoms with Gasteiger partial charge in [0.15, 0.2) is 11.0 Å². The Hall–Kier alpha value is -1.62. The Labute approximate surface area is 105 Å². The predicted octanol–water partition coefficient (Wildman–Crippen LogP) is 4.56. The second-order valence-electron chi connectivity index (χ2n) is 3.58. The summed E-state index contributed by atoms with van der Waals surface area (Å²) in [6.07, 6.45) is -3.21. The number of alkyl halides is 3. The molecule has 0 unspecified atom stereocenters.